The summed E-state index contributed by atoms with van der Waals surface area (Å²) in [4.78, 5) is 26.2. The van der Waals surface area contributed by atoms with Crippen LogP contribution in [0, 0.1) is 35.5 Å². The van der Waals surface area contributed by atoms with Gasteiger partial charge in [-0.3, -0.25) is 9.59 Å². The van der Waals surface area contributed by atoms with Crippen LogP contribution in [0.1, 0.15) is 71.6 Å². The molecule has 4 aliphatic rings. The number of carbonyl (C=O) groups excluding carboxylic acids is 2. The molecule has 2 fully saturated rings. The van der Waals surface area contributed by atoms with Gasteiger partial charge < -0.3 is 4.74 Å². The molecule has 0 aromatic heterocycles. The Labute approximate surface area is 175 Å². The molecule has 3 heteroatoms. The van der Waals surface area contributed by atoms with Crippen molar-refractivity contribution in [1.29, 1.82) is 0 Å². The number of cyclic esters (lactones) is 1. The maximum atomic E-state index is 13.3. The number of allylic oxidation sites excluding steroid dienone is 5. The topological polar surface area (TPSA) is 43.4 Å². The summed E-state index contributed by atoms with van der Waals surface area (Å²) in [5, 5.41) is 0. The van der Waals surface area contributed by atoms with E-state index in [1.807, 2.05) is 0 Å². The van der Waals surface area contributed by atoms with Crippen molar-refractivity contribution in [2.75, 3.05) is 0 Å². The number of hydrogen-bond donors (Lipinski definition) is 0. The number of ketones is 1. The first-order valence-electron chi connectivity index (χ1n) is 11.9. The van der Waals surface area contributed by atoms with Crippen molar-refractivity contribution in [3.05, 3.63) is 36.0 Å². The largest absolute Gasteiger partial charge is 0.458 e. The second-order valence-electron chi connectivity index (χ2n) is 9.65. The Kier molecular flexibility index (Phi) is 6.41. The summed E-state index contributed by atoms with van der Waals surface area (Å²) < 4.78 is 5.87. The highest BCUT2D eigenvalue weighted by Gasteiger charge is 2.47. The molecule has 0 amide bonds. The molecule has 0 spiro atoms. The second kappa shape index (κ2) is 9.02. The molecular formula is C26H36O3. The highest BCUT2D eigenvalue weighted by Crippen LogP contribution is 2.53. The van der Waals surface area contributed by atoms with E-state index >= 15 is 0 Å². The zero-order valence-corrected chi connectivity index (χ0v) is 18.0. The van der Waals surface area contributed by atoms with E-state index in [0.717, 1.165) is 37.7 Å². The first-order valence-corrected chi connectivity index (χ1v) is 11.9. The van der Waals surface area contributed by atoms with E-state index in [0.29, 0.717) is 30.1 Å². The van der Waals surface area contributed by atoms with Crippen molar-refractivity contribution in [1.82, 2.24) is 0 Å². The van der Waals surface area contributed by atoms with Gasteiger partial charge in [-0.05, 0) is 73.8 Å². The fraction of sp³-hybridized carbons (Fsp3) is 0.692. The Balaban J connectivity index is 1.60. The van der Waals surface area contributed by atoms with Crippen molar-refractivity contribution in [2.45, 2.75) is 77.7 Å². The maximum absolute atomic E-state index is 13.3. The molecule has 0 radical (unpaired) electrons. The predicted molar refractivity (Wildman–Crippen MR) is 115 cm³/mol. The molecule has 29 heavy (non-hydrogen) atoms. The molecule has 5 unspecified atom stereocenters. The van der Waals surface area contributed by atoms with E-state index in [4.69, 9.17) is 4.74 Å². The molecular weight excluding hydrogens is 360 g/mol. The number of rotatable bonds is 2. The van der Waals surface area contributed by atoms with Gasteiger partial charge in [-0.25, -0.2) is 0 Å². The van der Waals surface area contributed by atoms with E-state index in [9.17, 15) is 9.59 Å². The summed E-state index contributed by atoms with van der Waals surface area (Å²) in [7, 11) is 0. The van der Waals surface area contributed by atoms with Gasteiger partial charge in [-0.15, -0.1) is 0 Å². The van der Waals surface area contributed by atoms with Gasteiger partial charge in [0.2, 0.25) is 0 Å². The molecule has 1 saturated heterocycles. The third-order valence-corrected chi connectivity index (χ3v) is 7.74. The minimum atomic E-state index is -0.143. The zero-order chi connectivity index (χ0) is 20.4. The van der Waals surface area contributed by atoms with Gasteiger partial charge in [0.05, 0.1) is 6.42 Å². The third-order valence-electron chi connectivity index (χ3n) is 7.74. The van der Waals surface area contributed by atoms with Crippen molar-refractivity contribution in [2.24, 2.45) is 35.5 Å². The summed E-state index contributed by atoms with van der Waals surface area (Å²) in [6, 6.07) is 0. The second-order valence-corrected chi connectivity index (χ2v) is 9.65. The number of carbonyl (C=O) groups is 2. The molecule has 1 aliphatic heterocycles. The van der Waals surface area contributed by atoms with Crippen LogP contribution in [0.3, 0.4) is 0 Å². The average Bonchev–Trinajstić information content (AvgIpc) is 3.32. The van der Waals surface area contributed by atoms with E-state index in [1.165, 1.54) is 19.3 Å². The quantitative estimate of drug-likeness (QED) is 0.437. The van der Waals surface area contributed by atoms with Crippen LogP contribution in [0.4, 0.5) is 0 Å². The maximum Gasteiger partial charge on any atom is 0.307 e. The zero-order valence-electron chi connectivity index (χ0n) is 18.0. The highest BCUT2D eigenvalue weighted by atomic mass is 16.5. The Hall–Kier alpha value is -1.64. The highest BCUT2D eigenvalue weighted by molar-refractivity contribution is 5.98. The van der Waals surface area contributed by atoms with Crippen LogP contribution in [0.2, 0.25) is 0 Å². The van der Waals surface area contributed by atoms with Crippen LogP contribution in [0.25, 0.3) is 0 Å². The predicted octanol–water partition coefficient (Wildman–Crippen LogP) is 5.81. The average molecular weight is 397 g/mol. The molecule has 1 heterocycles. The van der Waals surface area contributed by atoms with Gasteiger partial charge in [0.25, 0.3) is 0 Å². The van der Waals surface area contributed by atoms with Gasteiger partial charge in [-0.2, -0.15) is 0 Å². The SMILES string of the molecule is CC/C=C/[C@H]1CCCC[C@@H](C)C(=O)C2=CC3C(C=CC4CCCC43)C2CC(=O)O1. The lowest BCUT2D eigenvalue weighted by atomic mass is 9.70. The number of fused-ring (bicyclic) bond motifs is 5. The van der Waals surface area contributed by atoms with Crippen LogP contribution in [-0.2, 0) is 14.3 Å². The molecule has 0 bridgehead atoms. The Bertz CT molecular complexity index is 715. The van der Waals surface area contributed by atoms with Gasteiger partial charge >= 0.3 is 5.97 Å². The van der Waals surface area contributed by atoms with E-state index in [-0.39, 0.29) is 29.7 Å². The number of Topliss-reactive ketones (excluding diaryl/α,β-unsaturated/α-hetero) is 1. The molecule has 0 N–H and O–H groups in total. The van der Waals surface area contributed by atoms with Crippen molar-refractivity contribution in [3.8, 4) is 0 Å². The summed E-state index contributed by atoms with van der Waals surface area (Å²) in [5.41, 5.74) is 0.933. The normalized spacial score (nSPS) is 40.5. The van der Waals surface area contributed by atoms with Crippen LogP contribution in [-0.4, -0.2) is 17.9 Å². The van der Waals surface area contributed by atoms with Crippen LogP contribution >= 0.6 is 0 Å². The molecule has 3 aliphatic carbocycles. The van der Waals surface area contributed by atoms with Crippen LogP contribution in [0.5, 0.6) is 0 Å². The van der Waals surface area contributed by atoms with E-state index in [2.05, 4.69) is 44.2 Å². The molecule has 0 aromatic carbocycles. The monoisotopic (exact) mass is 396 g/mol. The summed E-state index contributed by atoms with van der Waals surface area (Å²) in [6.45, 7) is 4.18. The van der Waals surface area contributed by atoms with E-state index in [1.54, 1.807) is 0 Å². The molecule has 3 nitrogen and oxygen atoms in total. The Morgan fingerprint density at radius 1 is 1.03 bits per heavy atom. The van der Waals surface area contributed by atoms with Gasteiger partial charge in [-0.1, -0.05) is 51.0 Å². The molecule has 158 valence electrons. The number of ether oxygens (including phenoxy) is 1. The van der Waals surface area contributed by atoms with Crippen molar-refractivity contribution < 1.29 is 14.3 Å². The first kappa shape index (κ1) is 20.6. The van der Waals surface area contributed by atoms with Gasteiger partial charge in [0, 0.05) is 11.8 Å². The minimum absolute atomic E-state index is 0.00418. The first-order chi connectivity index (χ1) is 14.1. The molecule has 1 saturated carbocycles. The molecule has 0 aromatic rings. The van der Waals surface area contributed by atoms with Crippen molar-refractivity contribution >= 4 is 11.8 Å². The lowest BCUT2D eigenvalue weighted by Crippen LogP contribution is -2.31. The lowest BCUT2D eigenvalue weighted by molar-refractivity contribution is -0.148. The Morgan fingerprint density at radius 3 is 2.69 bits per heavy atom. The fourth-order valence-corrected chi connectivity index (χ4v) is 6.20. The van der Waals surface area contributed by atoms with Crippen LogP contribution in [0.15, 0.2) is 36.0 Å². The Morgan fingerprint density at radius 2 is 1.86 bits per heavy atom. The fourth-order valence-electron chi connectivity index (χ4n) is 6.20. The van der Waals surface area contributed by atoms with Crippen LogP contribution < -0.4 is 0 Å². The number of hydrogen-bond acceptors (Lipinski definition) is 3. The lowest BCUT2D eigenvalue weighted by Gasteiger charge is -2.34. The van der Waals surface area contributed by atoms with Gasteiger partial charge in [0.1, 0.15) is 6.10 Å². The van der Waals surface area contributed by atoms with Crippen molar-refractivity contribution in [3.63, 3.8) is 0 Å². The van der Waals surface area contributed by atoms with Gasteiger partial charge in [0.15, 0.2) is 5.78 Å². The standard InChI is InChI=1S/C26H36O3/c1-3-4-10-19-11-6-5-8-17(2)26(28)24-15-22-20-12-7-9-18(20)13-14-21(22)23(24)16-25(27)29-19/h4,10,13-15,17-23H,3,5-9,11-12,16H2,1-2H3/b10-4+/t17-,18?,19+,20?,21?,22?,23?/m1/s1. The van der Waals surface area contributed by atoms with E-state index < -0.39 is 0 Å². The number of esters is 1. The molecule has 4 rings (SSSR count). The summed E-state index contributed by atoms with van der Waals surface area (Å²) >= 11 is 0. The third kappa shape index (κ3) is 4.29. The summed E-state index contributed by atoms with van der Waals surface area (Å²) in [6.07, 6.45) is 19.9. The molecule has 7 atom stereocenters. The minimum Gasteiger partial charge on any atom is -0.458 e. The summed E-state index contributed by atoms with van der Waals surface area (Å²) in [5.74, 6) is 2.22. The smallest absolute Gasteiger partial charge is 0.307 e.